The molecule has 0 spiro atoms. The van der Waals surface area contributed by atoms with Crippen molar-refractivity contribution >= 4 is 46.0 Å². The number of carbonyl (C=O) groups excluding carboxylic acids is 2. The number of hydrogen-bond donors (Lipinski definition) is 1. The highest BCUT2D eigenvalue weighted by atomic mass is 32.2. The molecule has 1 atom stereocenters. The molecule has 0 saturated heterocycles. The van der Waals surface area contributed by atoms with Crippen LogP contribution in [-0.2, 0) is 21.9 Å². The maximum atomic E-state index is 13.5. The highest BCUT2D eigenvalue weighted by Gasteiger charge is 2.41. The Labute approximate surface area is 228 Å². The van der Waals surface area contributed by atoms with Crippen LogP contribution in [0.25, 0.3) is 0 Å². The molecule has 2 aliphatic heterocycles. The molecule has 1 N–H and O–H groups in total. The van der Waals surface area contributed by atoms with Gasteiger partial charge in [0.1, 0.15) is 17.6 Å². The molecule has 0 radical (unpaired) electrons. The van der Waals surface area contributed by atoms with Gasteiger partial charge in [0.2, 0.25) is 5.91 Å². The van der Waals surface area contributed by atoms with Crippen LogP contribution in [0.2, 0.25) is 0 Å². The fraction of sp³-hybridized carbons (Fsp3) is 0.214. The van der Waals surface area contributed by atoms with Crippen molar-refractivity contribution in [1.82, 2.24) is 10.2 Å². The molecule has 0 bridgehead atoms. The number of amides is 2. The van der Waals surface area contributed by atoms with Gasteiger partial charge in [0.25, 0.3) is 11.6 Å². The standard InChI is InChI=1S/C28H25N5O5S/c1-38-24-9-5-2-6-19(24)16-29-25(34)15-14-23-27(35)32-26(30-23)21-7-3-4-8-22(21)31-28(32)39-17-18-10-12-20(13-11-18)33(36)37/h2-13,23H,14-17H2,1H3,(H,29,34)/t23-/m0/s1. The third kappa shape index (κ3) is 5.68. The maximum Gasteiger partial charge on any atom is 0.269 e. The zero-order valence-corrected chi connectivity index (χ0v) is 21.9. The van der Waals surface area contributed by atoms with Gasteiger partial charge < -0.3 is 10.1 Å². The van der Waals surface area contributed by atoms with E-state index in [0.29, 0.717) is 34.7 Å². The lowest BCUT2D eigenvalue weighted by atomic mass is 10.1. The van der Waals surface area contributed by atoms with Gasteiger partial charge in [0.15, 0.2) is 5.17 Å². The maximum absolute atomic E-state index is 13.5. The molecular formula is C28H25N5O5S. The van der Waals surface area contributed by atoms with Crippen LogP contribution < -0.4 is 10.1 Å². The summed E-state index contributed by atoms with van der Waals surface area (Å²) < 4.78 is 5.33. The van der Waals surface area contributed by atoms with Gasteiger partial charge in [-0.3, -0.25) is 24.7 Å². The molecule has 0 aromatic heterocycles. The smallest absolute Gasteiger partial charge is 0.269 e. The second kappa shape index (κ2) is 11.5. The first-order valence-corrected chi connectivity index (χ1v) is 13.3. The molecule has 0 unspecified atom stereocenters. The number of thioether (sulfide) groups is 1. The van der Waals surface area contributed by atoms with Crippen molar-refractivity contribution in [2.75, 3.05) is 7.11 Å². The Morgan fingerprint density at radius 1 is 1.10 bits per heavy atom. The summed E-state index contributed by atoms with van der Waals surface area (Å²) in [7, 11) is 1.58. The Bertz CT molecular complexity index is 1490. The van der Waals surface area contributed by atoms with E-state index >= 15 is 0 Å². The van der Waals surface area contributed by atoms with E-state index in [0.717, 1.165) is 16.7 Å². The summed E-state index contributed by atoms with van der Waals surface area (Å²) in [5.41, 5.74) is 3.22. The number of hydrogen-bond acceptors (Lipinski definition) is 8. The van der Waals surface area contributed by atoms with Crippen molar-refractivity contribution in [2.45, 2.75) is 31.2 Å². The van der Waals surface area contributed by atoms with Gasteiger partial charge in [-0.15, -0.1) is 0 Å². The van der Waals surface area contributed by atoms with Crippen molar-refractivity contribution in [3.05, 3.63) is 99.6 Å². The first-order valence-electron chi connectivity index (χ1n) is 12.3. The molecule has 2 amide bonds. The number of nitrogens with one attached hydrogen (secondary N) is 1. The van der Waals surface area contributed by atoms with E-state index in [2.05, 4.69) is 5.32 Å². The molecule has 11 heteroatoms. The average molecular weight is 544 g/mol. The summed E-state index contributed by atoms with van der Waals surface area (Å²) in [5, 5.41) is 14.3. The number of amidine groups is 2. The van der Waals surface area contributed by atoms with E-state index < -0.39 is 11.0 Å². The molecular weight excluding hydrogens is 518 g/mol. The lowest BCUT2D eigenvalue weighted by Crippen LogP contribution is -2.41. The number of nitro groups is 1. The number of rotatable bonds is 9. The molecule has 39 heavy (non-hydrogen) atoms. The summed E-state index contributed by atoms with van der Waals surface area (Å²) >= 11 is 1.36. The zero-order valence-electron chi connectivity index (χ0n) is 21.1. The van der Waals surface area contributed by atoms with E-state index in [4.69, 9.17) is 14.7 Å². The first kappa shape index (κ1) is 26.1. The third-order valence-electron chi connectivity index (χ3n) is 6.38. The number of nitrogens with zero attached hydrogens (tertiary/aromatic N) is 4. The zero-order chi connectivity index (χ0) is 27.4. The van der Waals surface area contributed by atoms with Gasteiger partial charge in [0, 0.05) is 42.0 Å². The van der Waals surface area contributed by atoms with E-state index in [1.54, 1.807) is 19.2 Å². The number of benzene rings is 3. The Balaban J connectivity index is 1.26. The van der Waals surface area contributed by atoms with Crippen molar-refractivity contribution in [2.24, 2.45) is 9.98 Å². The van der Waals surface area contributed by atoms with Gasteiger partial charge in [-0.05, 0) is 30.2 Å². The molecule has 0 fully saturated rings. The van der Waals surface area contributed by atoms with Crippen LogP contribution in [0.3, 0.4) is 0 Å². The van der Waals surface area contributed by atoms with Crippen molar-refractivity contribution in [1.29, 1.82) is 0 Å². The van der Waals surface area contributed by atoms with Crippen LogP contribution in [0.1, 0.15) is 29.5 Å². The van der Waals surface area contributed by atoms with E-state index in [9.17, 15) is 19.7 Å². The van der Waals surface area contributed by atoms with E-state index in [-0.39, 0.29) is 30.3 Å². The van der Waals surface area contributed by atoms with Crippen LogP contribution in [0.4, 0.5) is 11.4 Å². The van der Waals surface area contributed by atoms with Crippen LogP contribution in [-0.4, -0.2) is 45.8 Å². The normalized spacial score (nSPS) is 15.7. The van der Waals surface area contributed by atoms with Crippen LogP contribution in [0, 0.1) is 10.1 Å². The molecule has 3 aromatic carbocycles. The molecule has 5 rings (SSSR count). The largest absolute Gasteiger partial charge is 0.496 e. The summed E-state index contributed by atoms with van der Waals surface area (Å²) in [6.45, 7) is 0.325. The molecule has 198 valence electrons. The fourth-order valence-electron chi connectivity index (χ4n) is 4.35. The Hall–Kier alpha value is -4.51. The topological polar surface area (TPSA) is 126 Å². The molecule has 0 saturated carbocycles. The third-order valence-corrected chi connectivity index (χ3v) is 7.39. The van der Waals surface area contributed by atoms with Gasteiger partial charge in [-0.2, -0.15) is 0 Å². The molecule has 3 aromatic rings. The quantitative estimate of drug-likeness (QED) is 0.311. The van der Waals surface area contributed by atoms with Crippen molar-refractivity contribution in [3.63, 3.8) is 0 Å². The number of ether oxygens (including phenoxy) is 1. The molecule has 2 heterocycles. The van der Waals surface area contributed by atoms with Crippen molar-refractivity contribution < 1.29 is 19.2 Å². The van der Waals surface area contributed by atoms with Crippen molar-refractivity contribution in [3.8, 4) is 5.75 Å². The minimum atomic E-state index is -0.701. The van der Waals surface area contributed by atoms with Gasteiger partial charge in [-0.1, -0.05) is 54.2 Å². The molecule has 0 aliphatic carbocycles. The summed E-state index contributed by atoms with van der Waals surface area (Å²) in [6, 6.07) is 20.5. The number of carbonyl (C=O) groups is 2. The van der Waals surface area contributed by atoms with Gasteiger partial charge in [0.05, 0.1) is 17.7 Å². The fourth-order valence-corrected chi connectivity index (χ4v) is 5.30. The first-order chi connectivity index (χ1) is 18.9. The Morgan fingerprint density at radius 2 is 1.85 bits per heavy atom. The summed E-state index contributed by atoms with van der Waals surface area (Å²) in [4.78, 5) is 47.5. The second-order valence-electron chi connectivity index (χ2n) is 8.89. The van der Waals surface area contributed by atoms with Crippen LogP contribution >= 0.6 is 11.8 Å². The number of methoxy groups -OCH3 is 1. The average Bonchev–Trinajstić information content (AvgIpc) is 3.30. The van der Waals surface area contributed by atoms with Gasteiger partial charge >= 0.3 is 0 Å². The minimum absolute atomic E-state index is 0.0200. The predicted octanol–water partition coefficient (Wildman–Crippen LogP) is 4.59. The highest BCUT2D eigenvalue weighted by Crippen LogP contribution is 2.35. The van der Waals surface area contributed by atoms with E-state index in [1.165, 1.54) is 28.8 Å². The lowest BCUT2D eigenvalue weighted by Gasteiger charge is -2.25. The Morgan fingerprint density at radius 3 is 2.62 bits per heavy atom. The Kier molecular flexibility index (Phi) is 7.69. The lowest BCUT2D eigenvalue weighted by molar-refractivity contribution is -0.384. The van der Waals surface area contributed by atoms with Gasteiger partial charge in [-0.25, -0.2) is 9.89 Å². The number of para-hydroxylation sites is 2. The predicted molar refractivity (Wildman–Crippen MR) is 149 cm³/mol. The number of fused-ring (bicyclic) bond motifs is 3. The number of non-ortho nitro benzene ring substituents is 1. The monoisotopic (exact) mass is 543 g/mol. The summed E-state index contributed by atoms with van der Waals surface area (Å²) in [6.07, 6.45) is 0.402. The van der Waals surface area contributed by atoms with Crippen LogP contribution in [0.5, 0.6) is 5.75 Å². The number of nitro benzene ring substituents is 1. The molecule has 10 nitrogen and oxygen atoms in total. The minimum Gasteiger partial charge on any atom is -0.496 e. The van der Waals surface area contributed by atoms with E-state index in [1.807, 2.05) is 48.5 Å². The van der Waals surface area contributed by atoms with Crippen LogP contribution in [0.15, 0.2) is 82.8 Å². The SMILES string of the molecule is COc1ccccc1CNC(=O)CC[C@@H]1N=C2c3ccccc3N=C(SCc3ccc([N+](=O)[O-])cc3)N2C1=O. The number of aliphatic imine (C=N–C) groups is 2. The highest BCUT2D eigenvalue weighted by molar-refractivity contribution is 8.13. The summed E-state index contributed by atoms with van der Waals surface area (Å²) in [5.74, 6) is 1.28. The molecule has 2 aliphatic rings. The second-order valence-corrected chi connectivity index (χ2v) is 9.84.